The van der Waals surface area contributed by atoms with Crippen LogP contribution in [0.4, 0.5) is 5.82 Å². The van der Waals surface area contributed by atoms with Crippen LogP contribution in [0, 0.1) is 5.41 Å². The molecule has 0 aliphatic heterocycles. The summed E-state index contributed by atoms with van der Waals surface area (Å²) in [6.07, 6.45) is 2.28. The molecule has 0 bridgehead atoms. The van der Waals surface area contributed by atoms with E-state index in [1.165, 1.54) is 13.2 Å². The number of amidine groups is 1. The van der Waals surface area contributed by atoms with E-state index in [0.29, 0.717) is 40.4 Å². The second kappa shape index (κ2) is 7.83. The van der Waals surface area contributed by atoms with E-state index in [-0.39, 0.29) is 11.4 Å². The maximum atomic E-state index is 11.9. The number of ether oxygens (including phenoxy) is 1. The Balaban J connectivity index is 1.85. The normalized spacial score (nSPS) is 10.9. The first kappa shape index (κ1) is 20.0. The molecule has 0 saturated heterocycles. The Kier molecular flexibility index (Phi) is 5.04. The maximum absolute atomic E-state index is 11.9. The highest BCUT2D eigenvalue weighted by Gasteiger charge is 2.18. The number of nitrogens with two attached hydrogens (primary N) is 2. The number of nitrogens with one attached hydrogen (secondary N) is 2. The van der Waals surface area contributed by atoms with Crippen molar-refractivity contribution in [3.63, 3.8) is 0 Å². The van der Waals surface area contributed by atoms with Gasteiger partial charge in [-0.15, -0.1) is 0 Å². The Morgan fingerprint density at radius 1 is 1.16 bits per heavy atom. The van der Waals surface area contributed by atoms with Crippen molar-refractivity contribution < 1.29 is 14.6 Å². The molecule has 2 aromatic heterocycles. The Morgan fingerprint density at radius 3 is 2.65 bits per heavy atom. The van der Waals surface area contributed by atoms with E-state index in [2.05, 4.69) is 9.97 Å². The number of fused-ring (bicyclic) bond motifs is 1. The van der Waals surface area contributed by atoms with Crippen LogP contribution in [0.1, 0.15) is 27.2 Å². The summed E-state index contributed by atoms with van der Waals surface area (Å²) in [6.45, 7) is 0. The predicted octanol–water partition coefficient (Wildman–Crippen LogP) is 3.39. The number of aromatic amines is 1. The van der Waals surface area contributed by atoms with Gasteiger partial charge in [0.15, 0.2) is 0 Å². The van der Waals surface area contributed by atoms with Crippen molar-refractivity contribution in [1.29, 1.82) is 5.41 Å². The van der Waals surface area contributed by atoms with Crippen LogP contribution in [0.3, 0.4) is 0 Å². The first-order chi connectivity index (χ1) is 14.9. The van der Waals surface area contributed by atoms with Gasteiger partial charge in [-0.05, 0) is 59.7 Å². The third kappa shape index (κ3) is 3.78. The summed E-state index contributed by atoms with van der Waals surface area (Å²) in [5.41, 5.74) is 16.0. The first-order valence-corrected chi connectivity index (χ1v) is 9.49. The molecule has 0 fully saturated rings. The molecule has 0 aliphatic carbocycles. The summed E-state index contributed by atoms with van der Waals surface area (Å²) in [5, 5.41) is 18.3. The van der Waals surface area contributed by atoms with Gasteiger partial charge in [0.2, 0.25) is 0 Å². The zero-order chi connectivity index (χ0) is 22.1. The molecule has 0 unspecified atom stereocenters. The topological polar surface area (TPSA) is 151 Å². The molecule has 0 spiro atoms. The number of carboxylic acid groups (broad SMARTS) is 1. The highest BCUT2D eigenvalue weighted by Crippen LogP contribution is 2.32. The lowest BCUT2D eigenvalue weighted by Gasteiger charge is -2.13. The van der Waals surface area contributed by atoms with E-state index in [9.17, 15) is 9.90 Å². The van der Waals surface area contributed by atoms with E-state index < -0.39 is 5.97 Å². The largest absolute Gasteiger partial charge is 0.497 e. The standard InChI is InChI=1S/C23H21N5O3/c1-31-14-3-4-15(18(10-14)23(29)30)16-5-7-21(24)28-20(16)9-13-11-27-19-6-2-12(22(25)26)8-17(13)19/h2-8,10-11,27H,9H2,1H3,(H2,24,28)(H3,25,26)(H,29,30). The van der Waals surface area contributed by atoms with Crippen LogP contribution in [0.5, 0.6) is 5.75 Å². The molecule has 0 radical (unpaired) electrons. The number of nitrogen functional groups attached to an aromatic ring is 2. The average molecular weight is 415 g/mol. The van der Waals surface area contributed by atoms with E-state index in [4.69, 9.17) is 21.6 Å². The molecule has 31 heavy (non-hydrogen) atoms. The van der Waals surface area contributed by atoms with Crippen LogP contribution in [0.15, 0.2) is 54.7 Å². The van der Waals surface area contributed by atoms with E-state index in [1.807, 2.05) is 18.3 Å². The Labute approximate surface area is 178 Å². The van der Waals surface area contributed by atoms with Crippen LogP contribution in [0.2, 0.25) is 0 Å². The molecule has 4 rings (SSSR count). The highest BCUT2D eigenvalue weighted by molar-refractivity contribution is 5.99. The van der Waals surface area contributed by atoms with Crippen LogP contribution in [0.25, 0.3) is 22.0 Å². The number of rotatable bonds is 6. The Morgan fingerprint density at radius 2 is 1.94 bits per heavy atom. The second-order valence-electron chi connectivity index (χ2n) is 7.11. The molecule has 4 aromatic rings. The van der Waals surface area contributed by atoms with Crippen molar-refractivity contribution in [1.82, 2.24) is 9.97 Å². The number of aromatic carboxylic acids is 1. The molecule has 7 N–H and O–H groups in total. The molecular formula is C23H21N5O3. The fraction of sp³-hybridized carbons (Fsp3) is 0.0870. The summed E-state index contributed by atoms with van der Waals surface area (Å²) in [4.78, 5) is 19.6. The fourth-order valence-electron chi connectivity index (χ4n) is 3.63. The quantitative estimate of drug-likeness (QED) is 0.240. The van der Waals surface area contributed by atoms with E-state index in [0.717, 1.165) is 16.5 Å². The highest BCUT2D eigenvalue weighted by atomic mass is 16.5. The van der Waals surface area contributed by atoms with Gasteiger partial charge in [-0.3, -0.25) is 5.41 Å². The third-order valence-corrected chi connectivity index (χ3v) is 5.18. The zero-order valence-corrected chi connectivity index (χ0v) is 16.8. The molecule has 0 saturated carbocycles. The third-order valence-electron chi connectivity index (χ3n) is 5.18. The van der Waals surface area contributed by atoms with Gasteiger partial charge >= 0.3 is 5.97 Å². The molecule has 0 amide bonds. The molecule has 2 heterocycles. The summed E-state index contributed by atoms with van der Waals surface area (Å²) >= 11 is 0. The number of nitrogens with zero attached hydrogens (tertiary/aromatic N) is 1. The molecule has 8 heteroatoms. The van der Waals surface area contributed by atoms with Crippen molar-refractivity contribution in [2.75, 3.05) is 12.8 Å². The zero-order valence-electron chi connectivity index (χ0n) is 16.8. The first-order valence-electron chi connectivity index (χ1n) is 9.49. The summed E-state index contributed by atoms with van der Waals surface area (Å²) in [5.74, 6) is -0.274. The summed E-state index contributed by atoms with van der Waals surface area (Å²) in [6, 6.07) is 13.9. The van der Waals surface area contributed by atoms with E-state index in [1.54, 1.807) is 30.3 Å². The van der Waals surface area contributed by atoms with Crippen molar-refractivity contribution in [2.24, 2.45) is 5.73 Å². The maximum Gasteiger partial charge on any atom is 0.336 e. The number of hydrogen-bond acceptors (Lipinski definition) is 5. The van der Waals surface area contributed by atoms with Gasteiger partial charge in [-0.2, -0.15) is 0 Å². The van der Waals surface area contributed by atoms with Gasteiger partial charge in [0.05, 0.1) is 18.4 Å². The number of benzene rings is 2. The number of pyridine rings is 1. The number of carboxylic acids is 1. The van der Waals surface area contributed by atoms with Gasteiger partial charge in [-0.1, -0.05) is 0 Å². The van der Waals surface area contributed by atoms with Gasteiger partial charge in [0.1, 0.15) is 17.4 Å². The smallest absolute Gasteiger partial charge is 0.336 e. The Bertz CT molecular complexity index is 1330. The van der Waals surface area contributed by atoms with Crippen molar-refractivity contribution in [3.8, 4) is 16.9 Å². The van der Waals surface area contributed by atoms with Gasteiger partial charge in [0, 0.05) is 34.6 Å². The van der Waals surface area contributed by atoms with Crippen LogP contribution < -0.4 is 16.2 Å². The second-order valence-corrected chi connectivity index (χ2v) is 7.11. The van der Waals surface area contributed by atoms with Gasteiger partial charge in [0.25, 0.3) is 0 Å². The SMILES string of the molecule is COc1ccc(-c2ccc(N)nc2Cc2c[nH]c3ccc(C(=N)N)cc23)c(C(=O)O)c1. The van der Waals surface area contributed by atoms with Crippen LogP contribution in [-0.4, -0.2) is 34.0 Å². The molecule has 156 valence electrons. The van der Waals surface area contributed by atoms with Crippen LogP contribution >= 0.6 is 0 Å². The minimum Gasteiger partial charge on any atom is -0.497 e. The average Bonchev–Trinajstić information content (AvgIpc) is 3.15. The minimum atomic E-state index is -1.06. The minimum absolute atomic E-state index is 0.0128. The molecule has 0 atom stereocenters. The monoisotopic (exact) mass is 415 g/mol. The predicted molar refractivity (Wildman–Crippen MR) is 120 cm³/mol. The van der Waals surface area contributed by atoms with Crippen molar-refractivity contribution >= 4 is 28.5 Å². The van der Waals surface area contributed by atoms with Gasteiger partial charge in [-0.25, -0.2) is 9.78 Å². The van der Waals surface area contributed by atoms with Crippen LogP contribution in [-0.2, 0) is 6.42 Å². The summed E-state index contributed by atoms with van der Waals surface area (Å²) < 4.78 is 5.18. The fourth-order valence-corrected chi connectivity index (χ4v) is 3.63. The Hall–Kier alpha value is -4.33. The summed E-state index contributed by atoms with van der Waals surface area (Å²) in [7, 11) is 1.49. The number of anilines is 1. The lowest BCUT2D eigenvalue weighted by molar-refractivity contribution is 0.0697. The number of carbonyl (C=O) groups is 1. The number of hydrogen-bond donors (Lipinski definition) is 5. The van der Waals surface area contributed by atoms with Crippen molar-refractivity contribution in [3.05, 3.63) is 77.1 Å². The van der Waals surface area contributed by atoms with E-state index >= 15 is 0 Å². The van der Waals surface area contributed by atoms with Gasteiger partial charge < -0.3 is 26.3 Å². The molecular weight excluding hydrogens is 394 g/mol. The number of H-pyrrole nitrogens is 1. The van der Waals surface area contributed by atoms with Crippen molar-refractivity contribution in [2.45, 2.75) is 6.42 Å². The number of aromatic nitrogens is 2. The lowest BCUT2D eigenvalue weighted by Crippen LogP contribution is -2.10. The number of methoxy groups -OCH3 is 1. The lowest BCUT2D eigenvalue weighted by atomic mass is 9.95. The molecule has 2 aromatic carbocycles. The molecule has 0 aliphatic rings. The molecule has 8 nitrogen and oxygen atoms in total.